The Morgan fingerprint density at radius 3 is 1.57 bits per heavy atom. The molecular weight excluding hydrogens is 721 g/mol. The maximum atomic E-state index is 12.8. The molecule has 2 heterocycles. The molecular formula is C31H52N2O8S6. The van der Waals surface area contributed by atoms with Gasteiger partial charge in [-0.1, -0.05) is 127 Å². The molecule has 0 aromatic carbocycles. The highest BCUT2D eigenvalue weighted by Crippen LogP contribution is 2.84. The number of hydrogen-bond acceptors (Lipinski definition) is 11. The van der Waals surface area contributed by atoms with Crippen molar-refractivity contribution in [1.29, 1.82) is 0 Å². The number of carboxylic acids is 3. The van der Waals surface area contributed by atoms with E-state index in [4.69, 9.17) is 10.2 Å². The van der Waals surface area contributed by atoms with Gasteiger partial charge in [-0.25, -0.2) is 0 Å². The van der Waals surface area contributed by atoms with Gasteiger partial charge in [0.1, 0.15) is 0 Å². The number of nitrogens with zero attached hydrogens (tertiary/aromatic N) is 1. The van der Waals surface area contributed by atoms with Gasteiger partial charge in [-0.2, -0.15) is 0 Å². The molecule has 2 amide bonds. The largest absolute Gasteiger partial charge is 0.481 e. The van der Waals surface area contributed by atoms with Gasteiger partial charge in [-0.3, -0.25) is 24.0 Å². The van der Waals surface area contributed by atoms with Crippen LogP contribution in [-0.2, 0) is 24.0 Å². The summed E-state index contributed by atoms with van der Waals surface area (Å²) in [7, 11) is 10.4. The third kappa shape index (κ3) is 20.7. The lowest BCUT2D eigenvalue weighted by atomic mass is 10.0. The SMILES string of the molecule is O=C(O)CCCCCCCCCCCCCCCCC(=O)N(CCC(=O)O)CC(=O)NCCCC[C@@H](C(=O)O)C1SSC2(SS1)SS2. The molecule has 2 rings (SSSR count). The number of carboxylic acid groups (broad SMARTS) is 3. The highest BCUT2D eigenvalue weighted by Gasteiger charge is 2.53. The Kier molecular flexibility index (Phi) is 23.0. The summed E-state index contributed by atoms with van der Waals surface area (Å²) >= 11 is 0. The molecule has 0 aromatic heterocycles. The van der Waals surface area contributed by atoms with Gasteiger partial charge in [0.25, 0.3) is 0 Å². The summed E-state index contributed by atoms with van der Waals surface area (Å²) in [5, 5.41) is 30.3. The Morgan fingerprint density at radius 2 is 1.11 bits per heavy atom. The zero-order valence-electron chi connectivity index (χ0n) is 27.2. The van der Waals surface area contributed by atoms with Gasteiger partial charge >= 0.3 is 17.9 Å². The number of nitrogens with one attached hydrogen (secondary N) is 1. The molecule has 2 saturated heterocycles. The Balaban J connectivity index is 1.51. The predicted octanol–water partition coefficient (Wildman–Crippen LogP) is 8.71. The Labute approximate surface area is 303 Å². The van der Waals surface area contributed by atoms with Gasteiger partial charge in [-0.15, -0.1) is 0 Å². The van der Waals surface area contributed by atoms with Crippen LogP contribution in [0.15, 0.2) is 0 Å². The zero-order chi connectivity index (χ0) is 34.3. The van der Waals surface area contributed by atoms with Gasteiger partial charge in [-0.05, 0) is 47.3 Å². The van der Waals surface area contributed by atoms with E-state index in [0.717, 1.165) is 38.5 Å². The molecule has 2 aliphatic rings. The third-order valence-electron chi connectivity index (χ3n) is 7.93. The number of hydrogen-bond donors (Lipinski definition) is 4. The first-order valence-electron chi connectivity index (χ1n) is 16.9. The molecule has 0 unspecified atom stereocenters. The average molecular weight is 773 g/mol. The summed E-state index contributed by atoms with van der Waals surface area (Å²) < 4.78 is 0.120. The number of amides is 2. The van der Waals surface area contributed by atoms with E-state index in [1.54, 1.807) is 43.2 Å². The molecule has 47 heavy (non-hydrogen) atoms. The summed E-state index contributed by atoms with van der Waals surface area (Å²) in [5.41, 5.74) is 0. The monoisotopic (exact) mass is 772 g/mol. The van der Waals surface area contributed by atoms with Crippen molar-refractivity contribution < 1.29 is 39.3 Å². The van der Waals surface area contributed by atoms with Crippen LogP contribution in [0.25, 0.3) is 0 Å². The summed E-state index contributed by atoms with van der Waals surface area (Å²) in [6.45, 7) is 0.209. The number of carbonyl (C=O) groups excluding carboxylic acids is 2. The van der Waals surface area contributed by atoms with Gasteiger partial charge in [0.05, 0.1) is 23.5 Å². The van der Waals surface area contributed by atoms with E-state index in [9.17, 15) is 29.1 Å². The summed E-state index contributed by atoms with van der Waals surface area (Å²) in [5.74, 6) is -3.49. The fourth-order valence-electron chi connectivity index (χ4n) is 5.14. The fraction of sp³-hybridized carbons (Fsp3) is 0.839. The van der Waals surface area contributed by atoms with Crippen LogP contribution in [-0.4, -0.2) is 76.9 Å². The van der Waals surface area contributed by atoms with Crippen LogP contribution in [0.1, 0.15) is 128 Å². The van der Waals surface area contributed by atoms with E-state index in [1.807, 2.05) is 21.6 Å². The number of carbonyl (C=O) groups is 5. The summed E-state index contributed by atoms with van der Waals surface area (Å²) in [4.78, 5) is 60.2. The molecule has 270 valence electrons. The molecule has 0 radical (unpaired) electrons. The van der Waals surface area contributed by atoms with Gasteiger partial charge < -0.3 is 25.5 Å². The van der Waals surface area contributed by atoms with Crippen molar-refractivity contribution in [3.05, 3.63) is 0 Å². The first-order valence-corrected chi connectivity index (χ1v) is 23.5. The van der Waals surface area contributed by atoms with E-state index in [1.165, 1.54) is 49.8 Å². The van der Waals surface area contributed by atoms with Gasteiger partial charge in [0.2, 0.25) is 11.8 Å². The molecule has 1 spiro atoms. The Hall–Kier alpha value is -0.550. The molecule has 0 aromatic rings. The van der Waals surface area contributed by atoms with Crippen LogP contribution in [0, 0.1) is 5.92 Å². The van der Waals surface area contributed by atoms with E-state index < -0.39 is 23.8 Å². The van der Waals surface area contributed by atoms with Crippen LogP contribution in [0.4, 0.5) is 0 Å². The third-order valence-corrected chi connectivity index (χ3v) is 21.8. The Bertz CT molecular complexity index is 964. The highest BCUT2D eigenvalue weighted by atomic mass is 33.2. The van der Waals surface area contributed by atoms with Crippen molar-refractivity contribution in [2.24, 2.45) is 5.92 Å². The van der Waals surface area contributed by atoms with Crippen molar-refractivity contribution in [2.75, 3.05) is 19.6 Å². The van der Waals surface area contributed by atoms with Crippen molar-refractivity contribution in [2.45, 2.75) is 136 Å². The smallest absolute Gasteiger partial charge is 0.308 e. The summed E-state index contributed by atoms with van der Waals surface area (Å²) in [6.07, 6.45) is 17.4. The number of unbranched alkanes of at least 4 members (excludes halogenated alkanes) is 14. The molecule has 1 atom stereocenters. The minimum absolute atomic E-state index is 0.00234. The summed E-state index contributed by atoms with van der Waals surface area (Å²) in [6, 6.07) is 0. The molecule has 4 N–H and O–H groups in total. The second-order valence-electron chi connectivity index (χ2n) is 12.0. The maximum absolute atomic E-state index is 12.8. The molecule has 0 aliphatic carbocycles. The van der Waals surface area contributed by atoms with Crippen LogP contribution in [0.3, 0.4) is 0 Å². The van der Waals surface area contributed by atoms with E-state index in [2.05, 4.69) is 5.32 Å². The van der Waals surface area contributed by atoms with Crippen molar-refractivity contribution >= 4 is 94.5 Å². The van der Waals surface area contributed by atoms with E-state index in [-0.39, 0.29) is 45.1 Å². The van der Waals surface area contributed by atoms with Gasteiger partial charge in [0.15, 0.2) is 2.74 Å². The van der Waals surface area contributed by atoms with E-state index in [0.29, 0.717) is 38.6 Å². The van der Waals surface area contributed by atoms with Crippen LogP contribution in [0.5, 0.6) is 0 Å². The average Bonchev–Trinajstić information content (AvgIpc) is 3.79. The first-order chi connectivity index (χ1) is 22.6. The lowest BCUT2D eigenvalue weighted by molar-refractivity contribution is -0.142. The predicted molar refractivity (Wildman–Crippen MR) is 200 cm³/mol. The van der Waals surface area contributed by atoms with Crippen molar-refractivity contribution in [3.8, 4) is 0 Å². The lowest BCUT2D eigenvalue weighted by Crippen LogP contribution is -2.42. The van der Waals surface area contributed by atoms with Crippen LogP contribution in [0.2, 0.25) is 0 Å². The van der Waals surface area contributed by atoms with Crippen LogP contribution >= 0.6 is 64.8 Å². The fourth-order valence-corrected chi connectivity index (χ4v) is 19.0. The van der Waals surface area contributed by atoms with Gasteiger partial charge in [0, 0.05) is 25.9 Å². The normalized spacial score (nSPS) is 16.1. The minimum atomic E-state index is -1.01. The quantitative estimate of drug-likeness (QED) is 0.0325. The highest BCUT2D eigenvalue weighted by molar-refractivity contribution is 9.14. The second kappa shape index (κ2) is 25.4. The minimum Gasteiger partial charge on any atom is -0.481 e. The standard InChI is InChI=1S/C31H52N2O8S6/c34-25(32-21-16-15-17-24(29(40)41)30-42-44-31(45-43-30)46-47-31)23-33(22-20-28(38)39)26(35)18-13-11-9-7-5-3-1-2-4-6-8-10-12-14-19-27(36)37/h24,30H,1-23H2,(H,32,34)(H,36,37)(H,38,39)(H,40,41)/t24-/m0/s1. The first kappa shape index (κ1) is 42.6. The van der Waals surface area contributed by atoms with Crippen molar-refractivity contribution in [3.63, 3.8) is 0 Å². The lowest BCUT2D eigenvalue weighted by Gasteiger charge is -2.27. The van der Waals surface area contributed by atoms with Crippen LogP contribution < -0.4 is 5.32 Å². The maximum Gasteiger partial charge on any atom is 0.308 e. The Morgan fingerprint density at radius 1 is 0.617 bits per heavy atom. The molecule has 2 aliphatic heterocycles. The molecule has 0 bridgehead atoms. The van der Waals surface area contributed by atoms with E-state index >= 15 is 0 Å². The molecule has 0 saturated carbocycles. The molecule has 16 heteroatoms. The number of aliphatic carboxylic acids is 3. The molecule has 2 fully saturated rings. The number of rotatable bonds is 29. The van der Waals surface area contributed by atoms with Crippen molar-refractivity contribution in [1.82, 2.24) is 10.2 Å². The topological polar surface area (TPSA) is 161 Å². The molecule has 10 nitrogen and oxygen atoms in total. The second-order valence-corrected chi connectivity index (χ2v) is 21.5. The zero-order valence-corrected chi connectivity index (χ0v) is 32.1.